The molecule has 0 saturated carbocycles. The van der Waals surface area contributed by atoms with Crippen LogP contribution in [0.15, 0.2) is 0 Å². The highest BCUT2D eigenvalue weighted by Crippen LogP contribution is 2.27. The van der Waals surface area contributed by atoms with Crippen molar-refractivity contribution in [3.05, 3.63) is 0 Å². The topological polar surface area (TPSA) is 52.6 Å². The number of rotatable bonds is 3. The minimum atomic E-state index is -3.71. The van der Waals surface area contributed by atoms with Crippen molar-refractivity contribution in [3.63, 3.8) is 0 Å². The fourth-order valence-corrected chi connectivity index (χ4v) is 2.30. The van der Waals surface area contributed by atoms with E-state index >= 15 is 0 Å². The minimum absolute atomic E-state index is 0.121. The zero-order valence-corrected chi connectivity index (χ0v) is 8.27. The molecule has 1 aliphatic rings. The van der Waals surface area contributed by atoms with Gasteiger partial charge in [-0.3, -0.25) is 4.18 Å². The Morgan fingerprint density at radius 2 is 2.00 bits per heavy atom. The Balaban J connectivity index is 2.60. The van der Waals surface area contributed by atoms with Gasteiger partial charge in [0.25, 0.3) is 10.1 Å². The Morgan fingerprint density at radius 3 is 2.46 bits per heavy atom. The van der Waals surface area contributed by atoms with Crippen molar-refractivity contribution >= 4 is 10.1 Å². The van der Waals surface area contributed by atoms with Crippen molar-refractivity contribution in [2.45, 2.75) is 18.5 Å². The predicted octanol–water partition coefficient (Wildman–Crippen LogP) is 0.481. The average molecular weight is 212 g/mol. The summed E-state index contributed by atoms with van der Waals surface area (Å²) in [5.74, 6) is -0.570. The van der Waals surface area contributed by atoms with Crippen molar-refractivity contribution in [3.8, 4) is 0 Å². The molecule has 1 rings (SSSR count). The molecule has 1 aliphatic heterocycles. The van der Waals surface area contributed by atoms with Crippen molar-refractivity contribution < 1.29 is 21.7 Å². The standard InChI is InChI=1S/C7H13FO4S/c1-11-13(9,10)6-7(8)2-4-12-5-3-7/h2-6H2,1H3. The molecule has 1 heterocycles. The lowest BCUT2D eigenvalue weighted by molar-refractivity contribution is 0.00298. The van der Waals surface area contributed by atoms with Crippen LogP contribution in [-0.4, -0.2) is 40.2 Å². The number of hydrogen-bond donors (Lipinski definition) is 0. The van der Waals surface area contributed by atoms with E-state index in [0.29, 0.717) is 0 Å². The van der Waals surface area contributed by atoms with Gasteiger partial charge in [-0.15, -0.1) is 0 Å². The molecule has 0 N–H and O–H groups in total. The molecule has 0 aromatic heterocycles. The molecule has 0 spiro atoms. The van der Waals surface area contributed by atoms with Gasteiger partial charge >= 0.3 is 0 Å². The lowest BCUT2D eigenvalue weighted by Gasteiger charge is -2.28. The van der Waals surface area contributed by atoms with Gasteiger partial charge in [0.1, 0.15) is 11.4 Å². The molecule has 0 atom stereocenters. The molecular weight excluding hydrogens is 199 g/mol. The summed E-state index contributed by atoms with van der Waals surface area (Å²) < 4.78 is 44.8. The van der Waals surface area contributed by atoms with Crippen LogP contribution in [0.4, 0.5) is 4.39 Å². The van der Waals surface area contributed by atoms with Crippen molar-refractivity contribution in [1.29, 1.82) is 0 Å². The van der Waals surface area contributed by atoms with Crippen LogP contribution in [0.1, 0.15) is 12.8 Å². The Kier molecular flexibility index (Phi) is 3.26. The highest BCUT2D eigenvalue weighted by atomic mass is 32.2. The lowest BCUT2D eigenvalue weighted by atomic mass is 9.99. The van der Waals surface area contributed by atoms with Gasteiger partial charge < -0.3 is 4.74 Å². The first-order chi connectivity index (χ1) is 5.97. The third kappa shape index (κ3) is 3.21. The molecule has 4 nitrogen and oxygen atoms in total. The SMILES string of the molecule is COS(=O)(=O)CC1(F)CCOCC1. The Hall–Kier alpha value is -0.200. The maximum absolute atomic E-state index is 13.7. The molecule has 13 heavy (non-hydrogen) atoms. The van der Waals surface area contributed by atoms with E-state index in [-0.39, 0.29) is 26.1 Å². The quantitative estimate of drug-likeness (QED) is 0.638. The first kappa shape index (κ1) is 10.9. The summed E-state index contributed by atoms with van der Waals surface area (Å²) in [6.07, 6.45) is 0.241. The van der Waals surface area contributed by atoms with E-state index in [2.05, 4.69) is 4.18 Å². The molecule has 0 radical (unpaired) electrons. The summed E-state index contributed by atoms with van der Waals surface area (Å²) in [6, 6.07) is 0. The number of alkyl halides is 1. The van der Waals surface area contributed by atoms with Crippen LogP contribution in [0.2, 0.25) is 0 Å². The second kappa shape index (κ2) is 3.89. The molecule has 78 valence electrons. The van der Waals surface area contributed by atoms with E-state index < -0.39 is 21.5 Å². The summed E-state index contributed by atoms with van der Waals surface area (Å²) in [4.78, 5) is 0. The van der Waals surface area contributed by atoms with E-state index in [9.17, 15) is 12.8 Å². The van der Waals surface area contributed by atoms with Gasteiger partial charge in [-0.1, -0.05) is 0 Å². The van der Waals surface area contributed by atoms with Crippen LogP contribution in [0.5, 0.6) is 0 Å². The summed E-state index contributed by atoms with van der Waals surface area (Å²) in [7, 11) is -2.67. The van der Waals surface area contributed by atoms with Crippen LogP contribution in [0.3, 0.4) is 0 Å². The highest BCUT2D eigenvalue weighted by molar-refractivity contribution is 7.86. The zero-order chi connectivity index (χ0) is 9.95. The second-order valence-corrected chi connectivity index (χ2v) is 4.87. The van der Waals surface area contributed by atoms with Crippen molar-refractivity contribution in [2.24, 2.45) is 0 Å². The molecule has 0 unspecified atom stereocenters. The van der Waals surface area contributed by atoms with Gasteiger partial charge in [-0.05, 0) is 0 Å². The predicted molar refractivity (Wildman–Crippen MR) is 44.7 cm³/mol. The molecule has 1 saturated heterocycles. The molecule has 6 heteroatoms. The van der Waals surface area contributed by atoms with Gasteiger partial charge in [-0.25, -0.2) is 4.39 Å². The number of halogens is 1. The first-order valence-electron chi connectivity index (χ1n) is 4.02. The summed E-state index contributed by atoms with van der Waals surface area (Å²) >= 11 is 0. The lowest BCUT2D eigenvalue weighted by Crippen LogP contribution is -2.38. The average Bonchev–Trinajstić information content (AvgIpc) is 2.04. The van der Waals surface area contributed by atoms with Crippen molar-refractivity contribution in [2.75, 3.05) is 26.1 Å². The fraction of sp³-hybridized carbons (Fsp3) is 1.00. The van der Waals surface area contributed by atoms with E-state index in [0.717, 1.165) is 7.11 Å². The smallest absolute Gasteiger partial charge is 0.270 e. The van der Waals surface area contributed by atoms with Crippen LogP contribution in [0, 0.1) is 0 Å². The van der Waals surface area contributed by atoms with Crippen LogP contribution in [0.25, 0.3) is 0 Å². The maximum atomic E-state index is 13.7. The van der Waals surface area contributed by atoms with Crippen molar-refractivity contribution in [1.82, 2.24) is 0 Å². The second-order valence-electron chi connectivity index (χ2n) is 3.13. The Bertz CT molecular complexity index is 256. The molecule has 0 aromatic rings. The molecule has 0 amide bonds. The fourth-order valence-electron chi connectivity index (χ4n) is 1.26. The summed E-state index contributed by atoms with van der Waals surface area (Å²) in [5, 5.41) is 0. The van der Waals surface area contributed by atoms with E-state index in [1.807, 2.05) is 0 Å². The van der Waals surface area contributed by atoms with Crippen LogP contribution < -0.4 is 0 Å². The van der Waals surface area contributed by atoms with Gasteiger partial charge in [0.2, 0.25) is 0 Å². The Labute approximate surface area is 77.2 Å². The zero-order valence-electron chi connectivity index (χ0n) is 7.45. The maximum Gasteiger partial charge on any atom is 0.270 e. The summed E-state index contributed by atoms with van der Waals surface area (Å²) in [6.45, 7) is 0.547. The van der Waals surface area contributed by atoms with E-state index in [1.165, 1.54) is 0 Å². The van der Waals surface area contributed by atoms with Gasteiger partial charge in [0, 0.05) is 26.1 Å². The molecule has 1 fully saturated rings. The Morgan fingerprint density at radius 1 is 1.46 bits per heavy atom. The van der Waals surface area contributed by atoms with E-state index in [1.54, 1.807) is 0 Å². The third-order valence-electron chi connectivity index (χ3n) is 2.08. The number of hydrogen-bond acceptors (Lipinski definition) is 4. The third-order valence-corrected chi connectivity index (χ3v) is 3.46. The van der Waals surface area contributed by atoms with Gasteiger partial charge in [0.15, 0.2) is 0 Å². The van der Waals surface area contributed by atoms with Gasteiger partial charge in [0.05, 0.1) is 7.11 Å². The van der Waals surface area contributed by atoms with Gasteiger partial charge in [-0.2, -0.15) is 8.42 Å². The largest absolute Gasteiger partial charge is 0.381 e. The highest BCUT2D eigenvalue weighted by Gasteiger charge is 2.37. The van der Waals surface area contributed by atoms with E-state index in [4.69, 9.17) is 4.74 Å². The minimum Gasteiger partial charge on any atom is -0.381 e. The first-order valence-corrected chi connectivity index (χ1v) is 5.60. The molecule has 0 aromatic carbocycles. The monoisotopic (exact) mass is 212 g/mol. The summed E-state index contributed by atoms with van der Waals surface area (Å²) in [5.41, 5.74) is -1.67. The molecule has 0 bridgehead atoms. The molecule has 0 aliphatic carbocycles. The molecular formula is C7H13FO4S. The normalized spacial score (nSPS) is 22.9. The van der Waals surface area contributed by atoms with Crippen LogP contribution >= 0.6 is 0 Å². The number of ether oxygens (including phenoxy) is 1. The van der Waals surface area contributed by atoms with Crippen LogP contribution in [-0.2, 0) is 19.0 Å².